The van der Waals surface area contributed by atoms with Crippen molar-refractivity contribution in [1.82, 2.24) is 14.6 Å². The lowest BCUT2D eigenvalue weighted by Crippen LogP contribution is -2.48. The van der Waals surface area contributed by atoms with Gasteiger partial charge in [0, 0.05) is 23.9 Å². The van der Waals surface area contributed by atoms with E-state index in [1.54, 1.807) is 4.90 Å². The van der Waals surface area contributed by atoms with Gasteiger partial charge in [-0.05, 0) is 18.4 Å². The number of rotatable bonds is 5. The first-order valence-corrected chi connectivity index (χ1v) is 11.1. The van der Waals surface area contributed by atoms with E-state index in [4.69, 9.17) is 5.73 Å². The minimum atomic E-state index is -3.38. The van der Waals surface area contributed by atoms with E-state index < -0.39 is 10.0 Å². The Morgan fingerprint density at radius 1 is 1.31 bits per heavy atom. The summed E-state index contributed by atoms with van der Waals surface area (Å²) in [5.41, 5.74) is 7.67. The van der Waals surface area contributed by atoms with Crippen LogP contribution in [0.25, 0.3) is 0 Å². The van der Waals surface area contributed by atoms with E-state index in [-0.39, 0.29) is 17.9 Å². The summed E-state index contributed by atoms with van der Waals surface area (Å²) in [7, 11) is -3.38. The van der Waals surface area contributed by atoms with Crippen LogP contribution in [-0.2, 0) is 20.2 Å². The van der Waals surface area contributed by atoms with Crippen molar-refractivity contribution in [2.75, 3.05) is 31.6 Å². The number of carbonyl (C=O) groups is 1. The molecule has 0 atom stereocenters. The largest absolute Gasteiger partial charge is 0.375 e. The van der Waals surface area contributed by atoms with Crippen molar-refractivity contribution in [1.29, 1.82) is 0 Å². The molecule has 0 aliphatic carbocycles. The van der Waals surface area contributed by atoms with Crippen LogP contribution < -0.4 is 10.5 Å². The lowest BCUT2D eigenvalue weighted by Gasteiger charge is -2.41. The van der Waals surface area contributed by atoms with Gasteiger partial charge in [0.25, 0.3) is 0 Å². The number of amides is 1. The Balaban J connectivity index is 1.79. The summed E-state index contributed by atoms with van der Waals surface area (Å²) in [4.78, 5) is 18.5. The van der Waals surface area contributed by atoms with Crippen LogP contribution >= 0.6 is 11.3 Å². The predicted octanol–water partition coefficient (Wildman–Crippen LogP) is 1.18. The fourth-order valence-electron chi connectivity index (χ4n) is 3.40. The second-order valence-corrected chi connectivity index (χ2v) is 9.22. The van der Waals surface area contributed by atoms with Crippen LogP contribution in [0, 0.1) is 0 Å². The van der Waals surface area contributed by atoms with E-state index in [1.807, 2.05) is 23.6 Å². The Kier molecular flexibility index (Phi) is 5.31. The Morgan fingerprint density at radius 3 is 2.50 bits per heavy atom. The lowest BCUT2D eigenvalue weighted by atomic mass is 9.70. The molecule has 0 bridgehead atoms. The fourth-order valence-corrected chi connectivity index (χ4v) is 4.45. The molecule has 3 rings (SSSR count). The fraction of sp³-hybridized carbons (Fsp3) is 0.412. The number of sulfonamides is 1. The van der Waals surface area contributed by atoms with Crippen LogP contribution in [0.5, 0.6) is 0 Å². The van der Waals surface area contributed by atoms with Crippen LogP contribution in [0.1, 0.15) is 24.1 Å². The maximum atomic E-state index is 12.3. The van der Waals surface area contributed by atoms with Gasteiger partial charge in [0.2, 0.25) is 15.9 Å². The molecule has 0 saturated carbocycles. The topological polar surface area (TPSA) is 105 Å². The number of nitrogens with one attached hydrogen (secondary N) is 1. The van der Waals surface area contributed by atoms with Gasteiger partial charge < -0.3 is 10.6 Å². The molecule has 1 saturated heterocycles. The molecule has 0 spiro atoms. The van der Waals surface area contributed by atoms with Crippen molar-refractivity contribution in [3.8, 4) is 0 Å². The van der Waals surface area contributed by atoms with Crippen LogP contribution in [0.3, 0.4) is 0 Å². The number of carbonyl (C=O) groups excluding carboxylic acids is 1. The summed E-state index contributed by atoms with van der Waals surface area (Å²) in [6.07, 6.45) is 2.47. The van der Waals surface area contributed by atoms with E-state index in [0.717, 1.165) is 17.5 Å². The molecule has 1 fully saturated rings. The number of nitrogens with two attached hydrogens (primary N) is 1. The summed E-state index contributed by atoms with van der Waals surface area (Å²) in [5, 5.41) is 2.52. The predicted molar refractivity (Wildman–Crippen MR) is 102 cm³/mol. The van der Waals surface area contributed by atoms with Crippen LogP contribution in [0.15, 0.2) is 35.7 Å². The zero-order valence-electron chi connectivity index (χ0n) is 14.5. The summed E-state index contributed by atoms with van der Waals surface area (Å²) in [5.74, 6) is -0.213. The highest BCUT2D eigenvalue weighted by molar-refractivity contribution is 7.88. The normalized spacial score (nSPS) is 17.2. The SMILES string of the molecule is CS(=O)(=O)NCC(=O)N1CCC(c2ccccc2)(c2csc(N)n2)CC1. The van der Waals surface area contributed by atoms with Crippen LogP contribution in [-0.4, -0.2) is 50.1 Å². The molecule has 2 aromatic rings. The third kappa shape index (κ3) is 4.05. The van der Waals surface area contributed by atoms with Gasteiger partial charge in [0.05, 0.1) is 18.5 Å². The Hall–Kier alpha value is -1.97. The monoisotopic (exact) mass is 394 g/mol. The van der Waals surface area contributed by atoms with Crippen molar-refractivity contribution in [2.45, 2.75) is 18.3 Å². The van der Waals surface area contributed by atoms with Crippen LogP contribution in [0.4, 0.5) is 5.13 Å². The maximum absolute atomic E-state index is 12.3. The third-order valence-electron chi connectivity index (χ3n) is 4.79. The molecule has 1 aromatic carbocycles. The summed E-state index contributed by atoms with van der Waals surface area (Å²) < 4.78 is 24.6. The summed E-state index contributed by atoms with van der Waals surface area (Å²) in [6, 6.07) is 10.1. The summed E-state index contributed by atoms with van der Waals surface area (Å²) in [6.45, 7) is 0.869. The number of hydrogen-bond acceptors (Lipinski definition) is 6. The van der Waals surface area contributed by atoms with Gasteiger partial charge in [-0.1, -0.05) is 30.3 Å². The zero-order chi connectivity index (χ0) is 18.8. The van der Waals surface area contributed by atoms with Crippen molar-refractivity contribution < 1.29 is 13.2 Å². The number of likely N-dealkylation sites (tertiary alicyclic amines) is 1. The van der Waals surface area contributed by atoms with Crippen molar-refractivity contribution >= 4 is 32.4 Å². The number of piperidine rings is 1. The first kappa shape index (κ1) is 18.8. The second kappa shape index (κ2) is 7.34. The van der Waals surface area contributed by atoms with Crippen LogP contribution in [0.2, 0.25) is 0 Å². The maximum Gasteiger partial charge on any atom is 0.237 e. The van der Waals surface area contributed by atoms with E-state index in [9.17, 15) is 13.2 Å². The van der Waals surface area contributed by atoms with Gasteiger partial charge in [-0.2, -0.15) is 0 Å². The molecule has 0 radical (unpaired) electrons. The Labute approximate surface area is 157 Å². The van der Waals surface area contributed by atoms with Gasteiger partial charge in [-0.3, -0.25) is 4.79 Å². The van der Waals surface area contributed by atoms with Crippen molar-refractivity contribution in [2.24, 2.45) is 0 Å². The third-order valence-corrected chi connectivity index (χ3v) is 6.14. The first-order chi connectivity index (χ1) is 12.3. The van der Waals surface area contributed by atoms with E-state index >= 15 is 0 Å². The average molecular weight is 395 g/mol. The number of thiazole rings is 1. The number of aromatic nitrogens is 1. The van der Waals surface area contributed by atoms with E-state index in [2.05, 4.69) is 21.8 Å². The lowest BCUT2D eigenvalue weighted by molar-refractivity contribution is -0.131. The smallest absolute Gasteiger partial charge is 0.237 e. The molecular formula is C17H22N4O3S2. The van der Waals surface area contributed by atoms with Crippen molar-refractivity contribution in [3.05, 3.63) is 47.0 Å². The van der Waals surface area contributed by atoms with Gasteiger partial charge in [0.15, 0.2) is 5.13 Å². The molecule has 0 unspecified atom stereocenters. The zero-order valence-corrected chi connectivity index (χ0v) is 16.1. The minimum Gasteiger partial charge on any atom is -0.375 e. The number of benzene rings is 1. The number of nitrogens with zero attached hydrogens (tertiary/aromatic N) is 2. The molecule has 1 aliphatic rings. The average Bonchev–Trinajstić information content (AvgIpc) is 3.07. The molecule has 1 aliphatic heterocycles. The quantitative estimate of drug-likeness (QED) is 0.792. The molecule has 26 heavy (non-hydrogen) atoms. The minimum absolute atomic E-state index is 0.208. The molecule has 140 valence electrons. The highest BCUT2D eigenvalue weighted by atomic mass is 32.2. The van der Waals surface area contributed by atoms with Gasteiger partial charge >= 0.3 is 0 Å². The molecular weight excluding hydrogens is 372 g/mol. The highest BCUT2D eigenvalue weighted by Crippen LogP contribution is 2.42. The van der Waals surface area contributed by atoms with E-state index in [0.29, 0.717) is 31.1 Å². The molecule has 2 heterocycles. The Morgan fingerprint density at radius 2 is 1.96 bits per heavy atom. The molecule has 7 nitrogen and oxygen atoms in total. The Bertz CT molecular complexity index is 872. The highest BCUT2D eigenvalue weighted by Gasteiger charge is 2.40. The van der Waals surface area contributed by atoms with Gasteiger partial charge in [-0.15, -0.1) is 11.3 Å². The van der Waals surface area contributed by atoms with Crippen molar-refractivity contribution in [3.63, 3.8) is 0 Å². The molecule has 9 heteroatoms. The van der Waals surface area contributed by atoms with Gasteiger partial charge in [0.1, 0.15) is 0 Å². The first-order valence-electron chi connectivity index (χ1n) is 8.30. The number of anilines is 1. The number of nitrogen functional groups attached to an aromatic ring is 1. The summed E-state index contributed by atoms with van der Waals surface area (Å²) >= 11 is 1.42. The molecule has 1 amide bonds. The van der Waals surface area contributed by atoms with Gasteiger partial charge in [-0.25, -0.2) is 18.1 Å². The number of hydrogen-bond donors (Lipinski definition) is 2. The second-order valence-electron chi connectivity index (χ2n) is 6.49. The molecule has 1 aromatic heterocycles. The molecule has 3 N–H and O–H groups in total. The van der Waals surface area contributed by atoms with E-state index in [1.165, 1.54) is 11.3 Å². The standard InChI is InChI=1S/C17H22N4O3S2/c1-26(23,24)19-11-15(22)21-9-7-17(8-10-21,13-5-3-2-4-6-13)14-12-25-16(18)20-14/h2-6,12,19H,7-11H2,1H3,(H2,18,20).